The number of quaternary nitrogens is 1. The summed E-state index contributed by atoms with van der Waals surface area (Å²) >= 11 is 0. The Morgan fingerprint density at radius 2 is 1.14 bits per heavy atom. The van der Waals surface area contributed by atoms with Crippen LogP contribution in [0.2, 0.25) is 0 Å². The van der Waals surface area contributed by atoms with Crippen LogP contribution >= 0.6 is 7.82 Å². The van der Waals surface area contributed by atoms with Gasteiger partial charge in [0, 0.05) is 0 Å². The molecule has 0 unspecified atom stereocenters. The molecule has 0 bridgehead atoms. The van der Waals surface area contributed by atoms with Crippen LogP contribution in [0.25, 0.3) is 0 Å². The first kappa shape index (κ1) is 15.7. The summed E-state index contributed by atoms with van der Waals surface area (Å²) < 4.78 is 8.55. The Labute approximate surface area is 58.0 Å². The van der Waals surface area contributed by atoms with Crippen LogP contribution in [0.3, 0.4) is 0 Å². The summed E-state index contributed by atoms with van der Waals surface area (Å²) in [5.41, 5.74) is 0. The summed E-state index contributed by atoms with van der Waals surface area (Å²) in [5.74, 6) is 0. The molecule has 5 nitrogen and oxygen atoms in total. The molecule has 4 N–H and O–H groups in total. The van der Waals surface area contributed by atoms with Crippen LogP contribution in [0.5, 0.6) is 0 Å². The maximum absolute atomic E-state index is 8.55. The van der Waals surface area contributed by atoms with Gasteiger partial charge < -0.3 is 25.4 Å². The second-order valence-corrected chi connectivity index (χ2v) is 1.34. The van der Waals surface area contributed by atoms with Crippen molar-refractivity contribution in [2.75, 3.05) is 0 Å². The average Bonchev–Trinajstić information content (AvgIpc) is 0.722. The van der Waals surface area contributed by atoms with Gasteiger partial charge in [-0.05, 0) is 0 Å². The van der Waals surface area contributed by atoms with Crippen LogP contribution in [0.1, 0.15) is 0 Å². The number of hydrogen-bond acceptors (Lipinski definition) is 4. The van der Waals surface area contributed by atoms with Crippen molar-refractivity contribution in [1.82, 2.24) is 6.15 Å². The molecular formula is H5NO4PSb. The molecule has 0 aromatic heterocycles. The van der Waals surface area contributed by atoms with Gasteiger partial charge in [-0.15, -0.1) is 0 Å². The van der Waals surface area contributed by atoms with Crippen molar-refractivity contribution in [2.45, 2.75) is 0 Å². The summed E-state index contributed by atoms with van der Waals surface area (Å²) in [6.07, 6.45) is 0. The SMILES string of the molecule is O=P([O-])([O-])[O-].[NH4+].[SbH+2]. The standard InChI is InChI=1S/H3N.H3O4P.Sb.H/c;1-5(2,3)4;;/h1H3;(H3,1,2,3,4);;/q;;+2;/p-2. The number of rotatable bonds is 0. The van der Waals surface area contributed by atoms with Crippen molar-refractivity contribution < 1.29 is 19.2 Å². The topological polar surface area (TPSA) is 123 Å². The van der Waals surface area contributed by atoms with Crippen LogP contribution in [0.4, 0.5) is 0 Å². The first-order valence-corrected chi connectivity index (χ1v) is 2.19. The Hall–Kier alpha value is 0.888. The Balaban J connectivity index is -0.0000000800. The van der Waals surface area contributed by atoms with Gasteiger partial charge in [-0.2, -0.15) is 7.82 Å². The molecule has 0 aromatic rings. The average molecular weight is 236 g/mol. The second-order valence-electron chi connectivity index (χ2n) is 0.447. The van der Waals surface area contributed by atoms with Crippen molar-refractivity contribution in [3.63, 3.8) is 0 Å². The van der Waals surface area contributed by atoms with E-state index in [4.69, 9.17) is 19.2 Å². The summed E-state index contributed by atoms with van der Waals surface area (Å²) in [4.78, 5) is 25.6. The van der Waals surface area contributed by atoms with Crippen LogP contribution in [0.15, 0.2) is 0 Å². The third-order valence-corrected chi connectivity index (χ3v) is 0. The van der Waals surface area contributed by atoms with Gasteiger partial charge in [0.15, 0.2) is 0 Å². The molecule has 7 heavy (non-hydrogen) atoms. The molecule has 0 rings (SSSR count). The fourth-order valence-electron chi connectivity index (χ4n) is 0. The third kappa shape index (κ3) is 209. The Bertz CT molecular complexity index is 57.8. The van der Waals surface area contributed by atoms with Crippen molar-refractivity contribution in [3.8, 4) is 0 Å². The zero-order valence-corrected chi connectivity index (χ0v) is 7.33. The van der Waals surface area contributed by atoms with E-state index in [-0.39, 0.29) is 30.6 Å². The molecule has 7 heteroatoms. The van der Waals surface area contributed by atoms with Gasteiger partial charge >= 0.3 is 24.4 Å². The molecule has 0 heterocycles. The van der Waals surface area contributed by atoms with E-state index in [9.17, 15) is 0 Å². The Morgan fingerprint density at radius 3 is 1.14 bits per heavy atom. The molecule has 0 aliphatic heterocycles. The van der Waals surface area contributed by atoms with E-state index in [1.54, 1.807) is 0 Å². The van der Waals surface area contributed by atoms with E-state index in [0.29, 0.717) is 0 Å². The normalized spacial score (nSPS) is 8.43. The summed E-state index contributed by atoms with van der Waals surface area (Å²) in [7, 11) is -5.39. The van der Waals surface area contributed by atoms with E-state index in [0.717, 1.165) is 0 Å². The van der Waals surface area contributed by atoms with Gasteiger partial charge in [-0.3, -0.25) is 0 Å². The van der Waals surface area contributed by atoms with Gasteiger partial charge in [-0.1, -0.05) is 0 Å². The fourth-order valence-corrected chi connectivity index (χ4v) is 0. The first-order valence-electron chi connectivity index (χ1n) is 0.730. The zero-order chi connectivity index (χ0) is 4.50. The van der Waals surface area contributed by atoms with Gasteiger partial charge in [0.05, 0.1) is 0 Å². The maximum atomic E-state index is 8.55. The minimum absolute atomic E-state index is 0. The van der Waals surface area contributed by atoms with Crippen molar-refractivity contribution in [3.05, 3.63) is 0 Å². The quantitative estimate of drug-likeness (QED) is 0.353. The Kier molecular flexibility index (Phi) is 11.3. The van der Waals surface area contributed by atoms with E-state index < -0.39 is 7.82 Å². The van der Waals surface area contributed by atoms with Gasteiger partial charge in [0.2, 0.25) is 0 Å². The van der Waals surface area contributed by atoms with Crippen LogP contribution in [-0.4, -0.2) is 24.4 Å². The van der Waals surface area contributed by atoms with Crippen molar-refractivity contribution in [1.29, 1.82) is 0 Å². The first-order chi connectivity index (χ1) is 2.00. The molecule has 0 saturated heterocycles. The fraction of sp³-hybridized carbons (Fsp3) is 0. The summed E-state index contributed by atoms with van der Waals surface area (Å²) in [6.45, 7) is 0. The molecule has 0 spiro atoms. The van der Waals surface area contributed by atoms with Gasteiger partial charge in [0.25, 0.3) is 0 Å². The van der Waals surface area contributed by atoms with Gasteiger partial charge in [0.1, 0.15) is 0 Å². The van der Waals surface area contributed by atoms with Crippen LogP contribution in [-0.2, 0) is 4.57 Å². The molecule has 0 fully saturated rings. The molecule has 0 saturated carbocycles. The zero-order valence-electron chi connectivity index (χ0n) is 3.58. The molecule has 0 atom stereocenters. The van der Waals surface area contributed by atoms with Crippen LogP contribution in [0, 0.1) is 0 Å². The van der Waals surface area contributed by atoms with E-state index in [1.807, 2.05) is 0 Å². The van der Waals surface area contributed by atoms with E-state index >= 15 is 0 Å². The van der Waals surface area contributed by atoms with Crippen molar-refractivity contribution in [2.24, 2.45) is 0 Å². The minimum atomic E-state index is -5.39. The van der Waals surface area contributed by atoms with E-state index in [1.165, 1.54) is 0 Å². The molecule has 0 amide bonds. The third-order valence-electron chi connectivity index (χ3n) is 0. The number of phosphoric acid groups is 1. The van der Waals surface area contributed by atoms with Gasteiger partial charge in [-0.25, -0.2) is 0 Å². The molecule has 0 aromatic carbocycles. The Morgan fingerprint density at radius 1 is 1.14 bits per heavy atom. The van der Waals surface area contributed by atoms with Crippen molar-refractivity contribution >= 4 is 32.3 Å². The van der Waals surface area contributed by atoms with E-state index in [2.05, 4.69) is 0 Å². The molecule has 0 aliphatic rings. The molecule has 44 valence electrons. The second kappa shape index (κ2) is 5.03. The predicted octanol–water partition coefficient (Wildman–Crippen LogP) is -3.10. The van der Waals surface area contributed by atoms with Crippen LogP contribution < -0.4 is 20.8 Å². The molecule has 0 aliphatic carbocycles. The number of hydrogen-bond donors (Lipinski definition) is 1. The summed E-state index contributed by atoms with van der Waals surface area (Å²) in [5, 5.41) is 0. The monoisotopic (exact) mass is 235 g/mol. The summed E-state index contributed by atoms with van der Waals surface area (Å²) in [6, 6.07) is 0. The predicted molar refractivity (Wildman–Crippen MR) is 20.7 cm³/mol. The molecule has 2 radical (unpaired) electrons. The molecular weight excluding hydrogens is 231 g/mol.